The van der Waals surface area contributed by atoms with E-state index < -0.39 is 0 Å². The first-order valence-corrected chi connectivity index (χ1v) is 8.08. The summed E-state index contributed by atoms with van der Waals surface area (Å²) in [4.78, 5) is 13.9. The van der Waals surface area contributed by atoms with Gasteiger partial charge in [-0.15, -0.1) is 0 Å². The fraction of sp³-hybridized carbons (Fsp3) is 0.692. The van der Waals surface area contributed by atoms with Crippen LogP contribution in [0.25, 0.3) is 0 Å². The molecule has 1 fully saturated rings. The molecule has 1 aliphatic rings. The molecule has 0 atom stereocenters. The minimum absolute atomic E-state index is 0.112. The van der Waals surface area contributed by atoms with Crippen LogP contribution >= 0.6 is 11.8 Å². The van der Waals surface area contributed by atoms with Gasteiger partial charge in [-0.1, -0.05) is 24.4 Å². The largest absolute Gasteiger partial charge is 0.338 e. The Balaban J connectivity index is 1.88. The van der Waals surface area contributed by atoms with Gasteiger partial charge in [-0.25, -0.2) is 4.79 Å². The molecule has 1 heterocycles. The Hall–Kier alpha value is -1.17. The summed E-state index contributed by atoms with van der Waals surface area (Å²) >= 11 is 1.67. The van der Waals surface area contributed by atoms with Gasteiger partial charge in [0.05, 0.1) is 5.69 Å². The average molecular weight is 283 g/mol. The van der Waals surface area contributed by atoms with Crippen molar-refractivity contribution in [3.63, 3.8) is 0 Å². The number of urea groups is 1. The summed E-state index contributed by atoms with van der Waals surface area (Å²) in [5.41, 5.74) is 0.850. The molecule has 2 amide bonds. The van der Waals surface area contributed by atoms with Crippen LogP contribution in [0.1, 0.15) is 37.8 Å². The van der Waals surface area contributed by atoms with Gasteiger partial charge in [0.1, 0.15) is 0 Å². The van der Waals surface area contributed by atoms with Crippen LogP contribution in [0, 0.1) is 0 Å². The summed E-state index contributed by atoms with van der Waals surface area (Å²) in [5, 5.41) is 6.67. The van der Waals surface area contributed by atoms with Crippen LogP contribution in [0.3, 0.4) is 0 Å². The van der Waals surface area contributed by atoms with E-state index in [0.29, 0.717) is 11.9 Å². The van der Waals surface area contributed by atoms with Crippen molar-refractivity contribution in [1.29, 1.82) is 0 Å². The summed E-state index contributed by atoms with van der Waals surface area (Å²) in [7, 11) is 1.85. The van der Waals surface area contributed by atoms with Crippen molar-refractivity contribution in [2.24, 2.45) is 0 Å². The molecule has 1 aromatic heterocycles. The second-order valence-electron chi connectivity index (χ2n) is 4.95. The van der Waals surface area contributed by atoms with Crippen LogP contribution in [-0.4, -0.2) is 35.4 Å². The van der Waals surface area contributed by atoms with Crippen molar-refractivity contribution in [1.82, 2.24) is 10.1 Å². The highest BCUT2D eigenvalue weighted by Gasteiger charge is 2.22. The summed E-state index contributed by atoms with van der Waals surface area (Å²) in [5.74, 6) is 1.22. The molecule has 1 aliphatic carbocycles. The zero-order valence-corrected chi connectivity index (χ0v) is 12.3. The van der Waals surface area contributed by atoms with Crippen LogP contribution < -0.4 is 5.32 Å². The lowest BCUT2D eigenvalue weighted by Crippen LogP contribution is -2.40. The second-order valence-corrected chi connectivity index (χ2v) is 5.81. The van der Waals surface area contributed by atoms with Crippen molar-refractivity contribution < 1.29 is 9.32 Å². The highest BCUT2D eigenvalue weighted by Crippen LogP contribution is 2.22. The van der Waals surface area contributed by atoms with E-state index >= 15 is 0 Å². The molecule has 19 heavy (non-hydrogen) atoms. The first-order valence-electron chi connectivity index (χ1n) is 6.69. The Morgan fingerprint density at radius 3 is 2.95 bits per heavy atom. The van der Waals surface area contributed by atoms with E-state index in [1.54, 1.807) is 22.7 Å². The first kappa shape index (κ1) is 14.2. The second kappa shape index (κ2) is 6.84. The van der Waals surface area contributed by atoms with Gasteiger partial charge in [0, 0.05) is 24.9 Å². The van der Waals surface area contributed by atoms with Crippen LogP contribution in [0.4, 0.5) is 10.7 Å². The van der Waals surface area contributed by atoms with Gasteiger partial charge in [-0.3, -0.25) is 5.32 Å². The standard InChI is InChI=1S/C13H21N3O2S/c1-16(11-6-4-3-5-7-11)13(17)14-12-8-10(9-19-2)15-18-12/h8,11H,3-7,9H2,1-2H3,(H,14,17). The van der Waals surface area contributed by atoms with E-state index in [-0.39, 0.29) is 6.03 Å². The Morgan fingerprint density at radius 2 is 2.26 bits per heavy atom. The maximum absolute atomic E-state index is 12.1. The highest BCUT2D eigenvalue weighted by molar-refractivity contribution is 7.97. The zero-order valence-electron chi connectivity index (χ0n) is 11.5. The lowest BCUT2D eigenvalue weighted by Gasteiger charge is -2.30. The summed E-state index contributed by atoms with van der Waals surface area (Å²) in [6, 6.07) is 2.02. The quantitative estimate of drug-likeness (QED) is 0.920. The van der Waals surface area contributed by atoms with Crippen LogP contribution in [-0.2, 0) is 5.75 Å². The monoisotopic (exact) mass is 283 g/mol. The number of carbonyl (C=O) groups excluding carboxylic acids is 1. The van der Waals surface area contributed by atoms with Crippen molar-refractivity contribution >= 4 is 23.7 Å². The highest BCUT2D eigenvalue weighted by atomic mass is 32.2. The van der Waals surface area contributed by atoms with Crippen molar-refractivity contribution in [3.8, 4) is 0 Å². The molecule has 0 radical (unpaired) electrons. The van der Waals surface area contributed by atoms with Gasteiger partial charge in [0.15, 0.2) is 0 Å². The summed E-state index contributed by atoms with van der Waals surface area (Å²) in [6.07, 6.45) is 7.90. The third-order valence-electron chi connectivity index (χ3n) is 3.52. The first-order chi connectivity index (χ1) is 9.20. The normalized spacial score (nSPS) is 16.3. The third-order valence-corrected chi connectivity index (χ3v) is 4.11. The van der Waals surface area contributed by atoms with E-state index in [2.05, 4.69) is 10.5 Å². The zero-order chi connectivity index (χ0) is 13.7. The summed E-state index contributed by atoms with van der Waals surface area (Å²) in [6.45, 7) is 0. The van der Waals surface area contributed by atoms with E-state index in [1.807, 2.05) is 13.3 Å². The number of hydrogen-bond acceptors (Lipinski definition) is 4. The molecule has 1 N–H and O–H groups in total. The summed E-state index contributed by atoms with van der Waals surface area (Å²) < 4.78 is 5.10. The Bertz CT molecular complexity index is 416. The fourth-order valence-corrected chi connectivity index (χ4v) is 2.85. The number of aromatic nitrogens is 1. The lowest BCUT2D eigenvalue weighted by atomic mass is 9.95. The number of nitrogens with one attached hydrogen (secondary N) is 1. The molecule has 0 aromatic carbocycles. The van der Waals surface area contributed by atoms with E-state index in [9.17, 15) is 4.79 Å². The number of hydrogen-bond donors (Lipinski definition) is 1. The van der Waals surface area contributed by atoms with E-state index in [4.69, 9.17) is 4.52 Å². The molecule has 0 saturated heterocycles. The molecule has 106 valence electrons. The van der Waals surface area contributed by atoms with Crippen LogP contribution in [0.2, 0.25) is 0 Å². The van der Waals surface area contributed by atoms with Crippen LogP contribution in [0.5, 0.6) is 0 Å². The number of nitrogens with zero attached hydrogens (tertiary/aromatic N) is 2. The van der Waals surface area contributed by atoms with Crippen LogP contribution in [0.15, 0.2) is 10.6 Å². The average Bonchev–Trinajstić information content (AvgIpc) is 2.86. The Labute approximate surface area is 118 Å². The third kappa shape index (κ3) is 3.89. The smallest absolute Gasteiger partial charge is 0.324 e. The lowest BCUT2D eigenvalue weighted by molar-refractivity contribution is 0.185. The molecular formula is C13H21N3O2S. The molecule has 0 spiro atoms. The molecule has 2 rings (SSSR count). The maximum Gasteiger partial charge on any atom is 0.324 e. The molecule has 1 saturated carbocycles. The van der Waals surface area contributed by atoms with Gasteiger partial charge in [0.25, 0.3) is 0 Å². The number of rotatable bonds is 4. The minimum Gasteiger partial charge on any atom is -0.338 e. The van der Waals surface area contributed by atoms with Gasteiger partial charge in [-0.2, -0.15) is 11.8 Å². The fourth-order valence-electron chi connectivity index (χ4n) is 2.41. The number of anilines is 1. The Morgan fingerprint density at radius 1 is 1.53 bits per heavy atom. The molecule has 0 unspecified atom stereocenters. The van der Waals surface area contributed by atoms with Crippen molar-refractivity contribution in [3.05, 3.63) is 11.8 Å². The molecule has 6 heteroatoms. The minimum atomic E-state index is -0.112. The van der Waals surface area contributed by atoms with Gasteiger partial charge in [0.2, 0.25) is 5.88 Å². The predicted octanol–water partition coefficient (Wildman–Crippen LogP) is 3.33. The van der Waals surface area contributed by atoms with E-state index in [1.165, 1.54) is 19.3 Å². The van der Waals surface area contributed by atoms with Gasteiger partial charge >= 0.3 is 6.03 Å². The predicted molar refractivity (Wildman–Crippen MR) is 77.4 cm³/mol. The molecule has 0 aliphatic heterocycles. The SMILES string of the molecule is CSCc1cc(NC(=O)N(C)C2CCCCC2)on1. The van der Waals surface area contributed by atoms with Gasteiger partial charge < -0.3 is 9.42 Å². The van der Waals surface area contributed by atoms with Gasteiger partial charge in [-0.05, 0) is 19.1 Å². The van der Waals surface area contributed by atoms with E-state index in [0.717, 1.165) is 24.3 Å². The molecule has 5 nitrogen and oxygen atoms in total. The van der Waals surface area contributed by atoms with Crippen molar-refractivity contribution in [2.45, 2.75) is 43.9 Å². The number of thioether (sulfide) groups is 1. The molecule has 0 bridgehead atoms. The molecule has 1 aromatic rings. The topological polar surface area (TPSA) is 58.4 Å². The molecular weight excluding hydrogens is 262 g/mol. The van der Waals surface area contributed by atoms with Crippen molar-refractivity contribution in [2.75, 3.05) is 18.6 Å². The number of amides is 2. The Kier molecular flexibility index (Phi) is 5.13. The maximum atomic E-state index is 12.1. The number of carbonyl (C=O) groups is 1.